The quantitative estimate of drug-likeness (QED) is 0.916. The van der Waals surface area contributed by atoms with Crippen molar-refractivity contribution in [3.63, 3.8) is 0 Å². The fourth-order valence-electron chi connectivity index (χ4n) is 2.38. The minimum absolute atomic E-state index is 0.195. The summed E-state index contributed by atoms with van der Waals surface area (Å²) < 4.78 is 16.4. The van der Waals surface area contributed by atoms with Crippen LogP contribution in [0.2, 0.25) is 0 Å². The third-order valence-corrected chi connectivity index (χ3v) is 3.46. The van der Waals surface area contributed by atoms with Gasteiger partial charge < -0.3 is 19.3 Å². The van der Waals surface area contributed by atoms with Crippen LogP contribution in [0.3, 0.4) is 0 Å². The number of carbonyl (C=O) groups excluding carboxylic acids is 1. The van der Waals surface area contributed by atoms with E-state index in [1.54, 1.807) is 6.07 Å². The molecule has 23 heavy (non-hydrogen) atoms. The summed E-state index contributed by atoms with van der Waals surface area (Å²) in [6.45, 7) is 4.73. The second-order valence-corrected chi connectivity index (χ2v) is 5.96. The molecule has 1 amide bonds. The van der Waals surface area contributed by atoms with Crippen molar-refractivity contribution in [3.8, 4) is 11.5 Å². The predicted molar refractivity (Wildman–Crippen MR) is 83.2 cm³/mol. The monoisotopic (exact) mass is 316 g/mol. The molecular formula is C17H20N2O4. The topological polar surface area (TPSA) is 73.6 Å². The molecule has 0 saturated carbocycles. The summed E-state index contributed by atoms with van der Waals surface area (Å²) in [5, 5.41) is 6.76. The number of hydrogen-bond acceptors (Lipinski definition) is 5. The van der Waals surface area contributed by atoms with E-state index < -0.39 is 6.10 Å². The number of nitrogens with one attached hydrogen (secondary N) is 1. The third-order valence-electron chi connectivity index (χ3n) is 3.46. The second-order valence-electron chi connectivity index (χ2n) is 5.96. The Labute approximate surface area is 134 Å². The normalized spacial score (nSPS) is 16.4. The molecule has 0 saturated heterocycles. The van der Waals surface area contributed by atoms with Crippen molar-refractivity contribution in [1.82, 2.24) is 10.5 Å². The molecule has 1 unspecified atom stereocenters. The molecule has 0 radical (unpaired) electrons. The van der Waals surface area contributed by atoms with Crippen molar-refractivity contribution < 1.29 is 18.8 Å². The van der Waals surface area contributed by atoms with Gasteiger partial charge in [-0.05, 0) is 18.1 Å². The second kappa shape index (κ2) is 6.73. The summed E-state index contributed by atoms with van der Waals surface area (Å²) in [4.78, 5) is 12.2. The molecule has 1 aliphatic heterocycles. The molecule has 122 valence electrons. The Bertz CT molecular complexity index is 681. The van der Waals surface area contributed by atoms with Gasteiger partial charge in [-0.3, -0.25) is 4.79 Å². The van der Waals surface area contributed by atoms with Gasteiger partial charge >= 0.3 is 0 Å². The van der Waals surface area contributed by atoms with Crippen molar-refractivity contribution in [1.29, 1.82) is 0 Å². The first-order chi connectivity index (χ1) is 11.1. The number of ether oxygens (including phenoxy) is 2. The summed E-state index contributed by atoms with van der Waals surface area (Å²) in [5.74, 6) is 2.34. The highest BCUT2D eigenvalue weighted by molar-refractivity contribution is 5.81. The van der Waals surface area contributed by atoms with Crippen LogP contribution in [0.25, 0.3) is 0 Å². The Kier molecular flexibility index (Phi) is 4.50. The van der Waals surface area contributed by atoms with E-state index in [0.29, 0.717) is 29.7 Å². The van der Waals surface area contributed by atoms with E-state index in [0.717, 1.165) is 12.2 Å². The first kappa shape index (κ1) is 15.4. The largest absolute Gasteiger partial charge is 0.485 e. The Hall–Kier alpha value is -2.50. The summed E-state index contributed by atoms with van der Waals surface area (Å²) >= 11 is 0. The minimum Gasteiger partial charge on any atom is -0.485 e. The Morgan fingerprint density at radius 2 is 2.13 bits per heavy atom. The number of aromatic nitrogens is 1. The van der Waals surface area contributed by atoms with Gasteiger partial charge in [-0.1, -0.05) is 31.1 Å². The summed E-state index contributed by atoms with van der Waals surface area (Å²) in [7, 11) is 0. The zero-order valence-electron chi connectivity index (χ0n) is 13.2. The standard InChI is InChI=1S/C17H20N2O4/c1-11(2)7-13-8-12(19-23-13)9-18-17(20)16-10-21-14-5-3-4-6-15(14)22-16/h3-6,8,11,16H,7,9-10H2,1-2H3,(H,18,20). The van der Waals surface area contributed by atoms with Crippen LogP contribution in [0.5, 0.6) is 11.5 Å². The van der Waals surface area contributed by atoms with Crippen LogP contribution >= 0.6 is 0 Å². The van der Waals surface area contributed by atoms with Crippen molar-refractivity contribution >= 4 is 5.91 Å². The van der Waals surface area contributed by atoms with Gasteiger partial charge in [0.2, 0.25) is 6.10 Å². The highest BCUT2D eigenvalue weighted by atomic mass is 16.6. The van der Waals surface area contributed by atoms with E-state index >= 15 is 0 Å². The van der Waals surface area contributed by atoms with Crippen LogP contribution in [-0.2, 0) is 17.8 Å². The van der Waals surface area contributed by atoms with Crippen LogP contribution in [0.1, 0.15) is 25.3 Å². The van der Waals surface area contributed by atoms with E-state index in [4.69, 9.17) is 14.0 Å². The minimum atomic E-state index is -0.660. The molecule has 6 heteroatoms. The van der Waals surface area contributed by atoms with E-state index in [1.165, 1.54) is 0 Å². The van der Waals surface area contributed by atoms with Crippen LogP contribution in [0.4, 0.5) is 0 Å². The fourth-order valence-corrected chi connectivity index (χ4v) is 2.38. The number of fused-ring (bicyclic) bond motifs is 1. The number of benzene rings is 1. The van der Waals surface area contributed by atoms with Gasteiger partial charge in [-0.15, -0.1) is 0 Å². The molecule has 1 aromatic carbocycles. The van der Waals surface area contributed by atoms with E-state index in [1.807, 2.05) is 24.3 Å². The molecule has 1 atom stereocenters. The van der Waals surface area contributed by atoms with E-state index in [2.05, 4.69) is 24.3 Å². The molecule has 1 aliphatic rings. The van der Waals surface area contributed by atoms with E-state index in [9.17, 15) is 4.79 Å². The highest BCUT2D eigenvalue weighted by Crippen LogP contribution is 2.30. The Morgan fingerprint density at radius 1 is 1.35 bits per heavy atom. The molecule has 0 fully saturated rings. The van der Waals surface area contributed by atoms with Gasteiger partial charge in [0.25, 0.3) is 5.91 Å². The van der Waals surface area contributed by atoms with Gasteiger partial charge in [-0.2, -0.15) is 0 Å². The van der Waals surface area contributed by atoms with Gasteiger partial charge in [0.1, 0.15) is 18.1 Å². The van der Waals surface area contributed by atoms with Crippen LogP contribution in [0.15, 0.2) is 34.9 Å². The maximum atomic E-state index is 12.2. The highest BCUT2D eigenvalue weighted by Gasteiger charge is 2.27. The molecule has 0 spiro atoms. The van der Waals surface area contributed by atoms with Gasteiger partial charge in [-0.25, -0.2) is 0 Å². The lowest BCUT2D eigenvalue weighted by atomic mass is 10.1. The molecule has 1 N–H and O–H groups in total. The molecule has 0 aliphatic carbocycles. The van der Waals surface area contributed by atoms with E-state index in [-0.39, 0.29) is 12.5 Å². The van der Waals surface area contributed by atoms with Crippen molar-refractivity contribution in [2.45, 2.75) is 32.9 Å². The number of hydrogen-bond donors (Lipinski definition) is 1. The lowest BCUT2D eigenvalue weighted by molar-refractivity contribution is -0.130. The lowest BCUT2D eigenvalue weighted by Gasteiger charge is -2.25. The molecule has 1 aromatic heterocycles. The number of para-hydroxylation sites is 2. The first-order valence-corrected chi connectivity index (χ1v) is 7.72. The van der Waals surface area contributed by atoms with Gasteiger partial charge in [0, 0.05) is 12.5 Å². The SMILES string of the molecule is CC(C)Cc1cc(CNC(=O)C2COc3ccccc3O2)no1. The maximum Gasteiger partial charge on any atom is 0.265 e. The Morgan fingerprint density at radius 3 is 2.91 bits per heavy atom. The third kappa shape index (κ3) is 3.83. The van der Waals surface area contributed by atoms with Crippen molar-refractivity contribution in [2.75, 3.05) is 6.61 Å². The molecule has 3 rings (SSSR count). The zero-order chi connectivity index (χ0) is 16.2. The van der Waals surface area contributed by atoms with Crippen LogP contribution in [0, 0.1) is 5.92 Å². The lowest BCUT2D eigenvalue weighted by Crippen LogP contribution is -2.43. The maximum absolute atomic E-state index is 12.2. The predicted octanol–water partition coefficient (Wildman–Crippen LogP) is 2.33. The summed E-state index contributed by atoms with van der Waals surface area (Å²) in [6, 6.07) is 9.17. The molecule has 0 bridgehead atoms. The summed E-state index contributed by atoms with van der Waals surface area (Å²) in [6.07, 6.45) is 0.170. The van der Waals surface area contributed by atoms with Crippen molar-refractivity contribution in [3.05, 3.63) is 41.8 Å². The summed E-state index contributed by atoms with van der Waals surface area (Å²) in [5.41, 5.74) is 0.700. The van der Waals surface area contributed by atoms with Crippen molar-refractivity contribution in [2.24, 2.45) is 5.92 Å². The molecular weight excluding hydrogens is 296 g/mol. The van der Waals surface area contributed by atoms with Gasteiger partial charge in [0.15, 0.2) is 11.5 Å². The first-order valence-electron chi connectivity index (χ1n) is 7.72. The van der Waals surface area contributed by atoms with Crippen LogP contribution in [-0.4, -0.2) is 23.8 Å². The number of nitrogens with zero attached hydrogens (tertiary/aromatic N) is 1. The fraction of sp³-hybridized carbons (Fsp3) is 0.412. The molecule has 2 heterocycles. The molecule has 2 aromatic rings. The zero-order valence-corrected chi connectivity index (χ0v) is 13.2. The van der Waals surface area contributed by atoms with Gasteiger partial charge in [0.05, 0.1) is 6.54 Å². The average molecular weight is 316 g/mol. The van der Waals surface area contributed by atoms with Crippen LogP contribution < -0.4 is 14.8 Å². The number of carbonyl (C=O) groups is 1. The number of rotatable bonds is 5. The molecule has 6 nitrogen and oxygen atoms in total. The average Bonchev–Trinajstić information content (AvgIpc) is 2.98. The Balaban J connectivity index is 1.53. The number of amides is 1. The smallest absolute Gasteiger partial charge is 0.265 e.